The molecule has 0 fully saturated rings. The van der Waals surface area contributed by atoms with Crippen molar-refractivity contribution in [3.05, 3.63) is 47.3 Å². The fraction of sp³-hybridized carbons (Fsp3) is 0.167. The van der Waals surface area contributed by atoms with Crippen molar-refractivity contribution < 1.29 is 14.3 Å². The van der Waals surface area contributed by atoms with E-state index in [1.165, 1.54) is 17.8 Å². The minimum atomic E-state index is -0.639. The van der Waals surface area contributed by atoms with Gasteiger partial charge in [-0.05, 0) is 24.5 Å². The molecule has 1 aromatic carbocycles. The second-order valence-corrected chi connectivity index (χ2v) is 3.92. The summed E-state index contributed by atoms with van der Waals surface area (Å²) in [6, 6.07) is 9.64. The standard InChI is InChI=1S/C12H12N2O2S/c1-2-16-12(15)11(14-13)8-9-17-10-6-4-3-5-7-10/h3-9H,2H2,1H3/b9-8+. The van der Waals surface area contributed by atoms with Crippen molar-refractivity contribution in [3.8, 4) is 0 Å². The Morgan fingerprint density at radius 2 is 2.18 bits per heavy atom. The minimum absolute atomic E-state index is 0.115. The van der Waals surface area contributed by atoms with Crippen molar-refractivity contribution >= 4 is 23.4 Å². The molecule has 4 nitrogen and oxygen atoms in total. The average Bonchev–Trinajstić information content (AvgIpc) is 2.36. The molecule has 0 aromatic heterocycles. The van der Waals surface area contributed by atoms with Gasteiger partial charge in [0.1, 0.15) is 0 Å². The fourth-order valence-corrected chi connectivity index (χ4v) is 1.69. The Balaban J connectivity index is 2.58. The topological polar surface area (TPSA) is 62.7 Å². The first-order valence-electron chi connectivity index (χ1n) is 5.05. The van der Waals surface area contributed by atoms with Gasteiger partial charge >= 0.3 is 11.7 Å². The van der Waals surface area contributed by atoms with E-state index < -0.39 is 5.97 Å². The summed E-state index contributed by atoms with van der Waals surface area (Å²) >= 11 is 1.42. The maximum atomic E-state index is 11.2. The third kappa shape index (κ3) is 4.68. The molecule has 1 rings (SSSR count). The predicted octanol–water partition coefficient (Wildman–Crippen LogP) is 2.53. The lowest BCUT2D eigenvalue weighted by Crippen LogP contribution is -2.15. The maximum absolute atomic E-state index is 11.2. The quantitative estimate of drug-likeness (QED) is 0.264. The zero-order valence-electron chi connectivity index (χ0n) is 9.37. The van der Waals surface area contributed by atoms with Crippen LogP contribution in [-0.2, 0) is 9.53 Å². The fourth-order valence-electron chi connectivity index (χ4n) is 1.02. The Morgan fingerprint density at radius 1 is 1.47 bits per heavy atom. The number of benzene rings is 1. The van der Waals surface area contributed by atoms with Crippen LogP contribution in [0.3, 0.4) is 0 Å². The molecule has 0 bridgehead atoms. The lowest BCUT2D eigenvalue weighted by molar-refractivity contribution is -0.139. The number of rotatable bonds is 5. The summed E-state index contributed by atoms with van der Waals surface area (Å²) in [5.41, 5.74) is 8.53. The van der Waals surface area contributed by atoms with E-state index in [2.05, 4.69) is 4.79 Å². The van der Waals surface area contributed by atoms with Gasteiger partial charge < -0.3 is 10.3 Å². The molecule has 0 unspecified atom stereocenters. The van der Waals surface area contributed by atoms with Crippen LogP contribution in [0.4, 0.5) is 0 Å². The van der Waals surface area contributed by atoms with Crippen molar-refractivity contribution in [2.75, 3.05) is 6.61 Å². The van der Waals surface area contributed by atoms with E-state index >= 15 is 0 Å². The highest BCUT2D eigenvalue weighted by Gasteiger charge is 2.17. The number of esters is 1. The zero-order chi connectivity index (χ0) is 12.5. The first-order valence-corrected chi connectivity index (χ1v) is 5.93. The van der Waals surface area contributed by atoms with Crippen LogP contribution < -0.4 is 0 Å². The second kappa shape index (κ2) is 7.44. The minimum Gasteiger partial charge on any atom is -0.457 e. The van der Waals surface area contributed by atoms with Gasteiger partial charge in [0, 0.05) is 11.0 Å². The molecule has 0 spiro atoms. The Hall–Kier alpha value is -1.84. The van der Waals surface area contributed by atoms with Crippen LogP contribution in [0.2, 0.25) is 0 Å². The van der Waals surface area contributed by atoms with Crippen molar-refractivity contribution in [2.45, 2.75) is 11.8 Å². The average molecular weight is 248 g/mol. The van der Waals surface area contributed by atoms with Crippen LogP contribution >= 0.6 is 11.8 Å². The van der Waals surface area contributed by atoms with E-state index in [0.29, 0.717) is 0 Å². The van der Waals surface area contributed by atoms with Crippen LogP contribution in [0.25, 0.3) is 5.53 Å². The summed E-state index contributed by atoms with van der Waals surface area (Å²) in [6.45, 7) is 1.94. The molecule has 0 saturated carbocycles. The first kappa shape index (κ1) is 13.2. The van der Waals surface area contributed by atoms with Crippen molar-refractivity contribution in [2.24, 2.45) is 0 Å². The van der Waals surface area contributed by atoms with Gasteiger partial charge in [-0.3, -0.25) is 0 Å². The monoisotopic (exact) mass is 248 g/mol. The largest absolute Gasteiger partial charge is 0.457 e. The van der Waals surface area contributed by atoms with Crippen LogP contribution in [0.1, 0.15) is 6.92 Å². The Kier molecular flexibility index (Phi) is 5.79. The summed E-state index contributed by atoms with van der Waals surface area (Å²) in [6.07, 6.45) is 1.41. The molecular formula is C12H12N2O2S. The van der Waals surface area contributed by atoms with Gasteiger partial charge in [-0.2, -0.15) is 4.79 Å². The lowest BCUT2D eigenvalue weighted by atomic mass is 10.4. The summed E-state index contributed by atoms with van der Waals surface area (Å²) in [7, 11) is 0. The number of carbonyl (C=O) groups is 1. The number of hydrogen-bond donors (Lipinski definition) is 0. The number of hydrogen-bond acceptors (Lipinski definition) is 3. The second-order valence-electron chi connectivity index (χ2n) is 2.94. The molecule has 0 aliphatic rings. The van der Waals surface area contributed by atoms with Crippen molar-refractivity contribution in [3.63, 3.8) is 0 Å². The molecule has 88 valence electrons. The van der Waals surface area contributed by atoms with E-state index in [1.54, 1.807) is 12.3 Å². The SMILES string of the molecule is CCOC(=O)C(/C=C/Sc1ccccc1)=[N+]=[N-]. The van der Waals surface area contributed by atoms with Gasteiger partial charge in [0.2, 0.25) is 0 Å². The van der Waals surface area contributed by atoms with Crippen LogP contribution in [0, 0.1) is 0 Å². The summed E-state index contributed by atoms with van der Waals surface area (Å²) in [5, 5.41) is 1.67. The normalized spacial score (nSPS) is 9.94. The highest BCUT2D eigenvalue weighted by molar-refractivity contribution is 8.02. The Labute approximate surface area is 104 Å². The van der Waals surface area contributed by atoms with Crippen molar-refractivity contribution in [1.29, 1.82) is 0 Å². The van der Waals surface area contributed by atoms with E-state index in [4.69, 9.17) is 10.3 Å². The first-order chi connectivity index (χ1) is 8.27. The molecule has 0 saturated heterocycles. The molecule has 0 amide bonds. The molecule has 0 atom stereocenters. The molecule has 0 N–H and O–H groups in total. The zero-order valence-corrected chi connectivity index (χ0v) is 10.2. The molecule has 0 radical (unpaired) electrons. The van der Waals surface area contributed by atoms with E-state index in [0.717, 1.165) is 4.90 Å². The molecule has 1 aromatic rings. The van der Waals surface area contributed by atoms with E-state index in [-0.39, 0.29) is 12.3 Å². The molecule has 0 aliphatic carbocycles. The molecule has 17 heavy (non-hydrogen) atoms. The van der Waals surface area contributed by atoms with Gasteiger partial charge in [0.05, 0.1) is 6.61 Å². The third-order valence-electron chi connectivity index (χ3n) is 1.77. The van der Waals surface area contributed by atoms with E-state index in [9.17, 15) is 4.79 Å². The van der Waals surface area contributed by atoms with E-state index in [1.807, 2.05) is 30.3 Å². The number of ether oxygens (including phenoxy) is 1. The highest BCUT2D eigenvalue weighted by atomic mass is 32.2. The molecule has 0 heterocycles. The maximum Gasteiger partial charge on any atom is 0.421 e. The summed E-state index contributed by atoms with van der Waals surface area (Å²) in [4.78, 5) is 15.2. The van der Waals surface area contributed by atoms with Crippen LogP contribution in [0.15, 0.2) is 46.7 Å². The summed E-state index contributed by atoms with van der Waals surface area (Å²) < 4.78 is 4.71. The highest BCUT2D eigenvalue weighted by Crippen LogP contribution is 2.17. The third-order valence-corrected chi connectivity index (χ3v) is 2.58. The predicted molar refractivity (Wildman–Crippen MR) is 66.7 cm³/mol. The van der Waals surface area contributed by atoms with Crippen LogP contribution in [0.5, 0.6) is 0 Å². The molecular weight excluding hydrogens is 236 g/mol. The number of thioether (sulfide) groups is 1. The molecule has 5 heteroatoms. The van der Waals surface area contributed by atoms with Crippen LogP contribution in [-0.4, -0.2) is 23.1 Å². The van der Waals surface area contributed by atoms with Gasteiger partial charge in [-0.15, -0.1) is 0 Å². The van der Waals surface area contributed by atoms with Gasteiger partial charge in [-0.25, -0.2) is 4.79 Å². The summed E-state index contributed by atoms with van der Waals surface area (Å²) in [5.74, 6) is -0.639. The van der Waals surface area contributed by atoms with Gasteiger partial charge in [-0.1, -0.05) is 30.0 Å². The number of nitrogens with zero attached hydrogens (tertiary/aromatic N) is 2. The number of carbonyl (C=O) groups excluding carboxylic acids is 1. The Bertz CT molecular complexity index is 451. The van der Waals surface area contributed by atoms with Gasteiger partial charge in [0.25, 0.3) is 0 Å². The lowest BCUT2D eigenvalue weighted by Gasteiger charge is -1.94. The smallest absolute Gasteiger partial charge is 0.421 e. The Morgan fingerprint density at radius 3 is 2.76 bits per heavy atom. The van der Waals surface area contributed by atoms with Crippen molar-refractivity contribution in [1.82, 2.24) is 0 Å². The van der Waals surface area contributed by atoms with Gasteiger partial charge in [0.15, 0.2) is 0 Å². The molecule has 0 aliphatic heterocycles.